The van der Waals surface area contributed by atoms with Gasteiger partial charge in [-0.05, 0) is 42.7 Å². The number of hydrogen-bond donors (Lipinski definition) is 0. The van der Waals surface area contributed by atoms with Gasteiger partial charge < -0.3 is 14.1 Å². The number of benzene rings is 1. The van der Waals surface area contributed by atoms with Crippen molar-refractivity contribution in [2.24, 2.45) is 0 Å². The summed E-state index contributed by atoms with van der Waals surface area (Å²) in [5.41, 5.74) is 1.44. The zero-order valence-electron chi connectivity index (χ0n) is 16.8. The van der Waals surface area contributed by atoms with E-state index in [1.54, 1.807) is 19.4 Å². The number of carbonyl (C=O) groups is 1. The number of likely N-dealkylation sites (tertiary alicyclic amines) is 1. The molecule has 4 rings (SSSR count). The van der Waals surface area contributed by atoms with Crippen LogP contribution in [0.25, 0.3) is 0 Å². The van der Waals surface area contributed by atoms with E-state index < -0.39 is 0 Å². The summed E-state index contributed by atoms with van der Waals surface area (Å²) in [6, 6.07) is 13.4. The zero-order valence-corrected chi connectivity index (χ0v) is 16.8. The number of pyridine rings is 1. The number of carbonyl (C=O) groups excluding carboxylic acids is 1. The average molecular weight is 391 g/mol. The van der Waals surface area contributed by atoms with E-state index in [-0.39, 0.29) is 11.3 Å². The number of amides is 1. The first-order valence-electron chi connectivity index (χ1n) is 9.86. The lowest BCUT2D eigenvalue weighted by Gasteiger charge is -2.37. The molecule has 0 unspecified atom stereocenters. The summed E-state index contributed by atoms with van der Waals surface area (Å²) in [6.07, 6.45) is 5.75. The van der Waals surface area contributed by atoms with E-state index in [2.05, 4.69) is 16.9 Å². The van der Waals surface area contributed by atoms with E-state index in [0.29, 0.717) is 25.2 Å². The first-order valence-corrected chi connectivity index (χ1v) is 9.86. The third-order valence-electron chi connectivity index (χ3n) is 5.62. The quantitative estimate of drug-likeness (QED) is 0.661. The van der Waals surface area contributed by atoms with Crippen molar-refractivity contribution < 1.29 is 13.9 Å². The van der Waals surface area contributed by atoms with E-state index in [1.807, 2.05) is 47.5 Å². The van der Waals surface area contributed by atoms with E-state index >= 15 is 0 Å². The van der Waals surface area contributed by atoms with Crippen molar-refractivity contribution in [1.29, 1.82) is 0 Å². The van der Waals surface area contributed by atoms with Crippen LogP contribution in [0, 0.1) is 0 Å². The van der Waals surface area contributed by atoms with E-state index in [0.717, 1.165) is 35.8 Å². The van der Waals surface area contributed by atoms with Gasteiger partial charge in [0, 0.05) is 31.1 Å². The van der Waals surface area contributed by atoms with Crippen LogP contribution >= 0.6 is 0 Å². The molecule has 0 bridgehead atoms. The van der Waals surface area contributed by atoms with Gasteiger partial charge in [0.15, 0.2) is 5.89 Å². The lowest BCUT2D eigenvalue weighted by Crippen LogP contribution is -2.44. The Morgan fingerprint density at radius 1 is 1.17 bits per heavy atom. The highest BCUT2D eigenvalue weighted by atomic mass is 16.5. The molecule has 2 aromatic heterocycles. The van der Waals surface area contributed by atoms with Gasteiger partial charge in [-0.25, -0.2) is 4.98 Å². The van der Waals surface area contributed by atoms with Crippen LogP contribution in [0.5, 0.6) is 5.75 Å². The van der Waals surface area contributed by atoms with E-state index in [4.69, 9.17) is 9.15 Å². The second-order valence-electron chi connectivity index (χ2n) is 7.73. The number of piperidine rings is 1. The normalized spacial score (nSPS) is 15.9. The molecule has 6 heteroatoms. The van der Waals surface area contributed by atoms with Gasteiger partial charge in [0.2, 0.25) is 0 Å². The number of rotatable bonds is 5. The smallest absolute Gasteiger partial charge is 0.272 e. The number of methoxy groups -OCH3 is 1. The minimum atomic E-state index is -0.173. The van der Waals surface area contributed by atoms with Gasteiger partial charge in [-0.1, -0.05) is 25.1 Å². The SMILES string of the molecule is COc1cccc(Cc2cnc(C3(C)CCN(C(=O)c4ccccn4)CC3)o2)c1. The first-order chi connectivity index (χ1) is 14.1. The van der Waals surface area contributed by atoms with Crippen LogP contribution in [0.2, 0.25) is 0 Å². The Bertz CT molecular complexity index is 976. The zero-order chi connectivity index (χ0) is 20.3. The van der Waals surface area contributed by atoms with Crippen LogP contribution in [0.1, 0.15) is 47.5 Å². The molecule has 0 N–H and O–H groups in total. The van der Waals surface area contributed by atoms with Gasteiger partial charge in [-0.2, -0.15) is 0 Å². The largest absolute Gasteiger partial charge is 0.497 e. The van der Waals surface area contributed by atoms with Gasteiger partial charge in [-0.3, -0.25) is 9.78 Å². The number of hydrogen-bond acceptors (Lipinski definition) is 5. The standard InChI is InChI=1S/C23H25N3O3/c1-23(9-12-26(13-10-23)21(27)20-8-3-4-11-24-20)22-25-16-19(29-22)15-17-6-5-7-18(14-17)28-2/h3-8,11,14,16H,9-10,12-13,15H2,1-2H3. The molecule has 0 aliphatic carbocycles. The Hall–Kier alpha value is -3.15. The second-order valence-corrected chi connectivity index (χ2v) is 7.73. The topological polar surface area (TPSA) is 68.5 Å². The summed E-state index contributed by atoms with van der Waals surface area (Å²) in [4.78, 5) is 23.2. The van der Waals surface area contributed by atoms with Gasteiger partial charge in [0.05, 0.1) is 13.3 Å². The lowest BCUT2D eigenvalue weighted by atomic mass is 9.80. The monoisotopic (exact) mass is 391 g/mol. The van der Waals surface area contributed by atoms with E-state index in [9.17, 15) is 4.79 Å². The molecule has 150 valence electrons. The number of oxazole rings is 1. The van der Waals surface area contributed by atoms with Gasteiger partial charge in [-0.15, -0.1) is 0 Å². The van der Waals surface area contributed by atoms with Crippen molar-refractivity contribution in [3.8, 4) is 5.75 Å². The van der Waals surface area contributed by atoms with Crippen molar-refractivity contribution in [2.75, 3.05) is 20.2 Å². The van der Waals surface area contributed by atoms with Crippen molar-refractivity contribution in [3.63, 3.8) is 0 Å². The van der Waals surface area contributed by atoms with Crippen molar-refractivity contribution in [3.05, 3.63) is 77.8 Å². The Morgan fingerprint density at radius 2 is 2.00 bits per heavy atom. The predicted octanol–water partition coefficient (Wildman–Crippen LogP) is 3.86. The number of aromatic nitrogens is 2. The summed E-state index contributed by atoms with van der Waals surface area (Å²) >= 11 is 0. The molecule has 1 aliphatic rings. The van der Waals surface area contributed by atoms with Crippen LogP contribution in [0.4, 0.5) is 0 Å². The molecule has 6 nitrogen and oxygen atoms in total. The molecule has 1 aromatic carbocycles. The summed E-state index contributed by atoms with van der Waals surface area (Å²) in [5, 5.41) is 0. The Labute approximate surface area is 170 Å². The molecule has 1 aliphatic heterocycles. The molecule has 0 radical (unpaired) electrons. The molecule has 3 aromatic rings. The molecule has 0 saturated carbocycles. The lowest BCUT2D eigenvalue weighted by molar-refractivity contribution is 0.0651. The van der Waals surface area contributed by atoms with Crippen LogP contribution < -0.4 is 4.74 Å². The highest BCUT2D eigenvalue weighted by Crippen LogP contribution is 2.35. The fourth-order valence-electron chi connectivity index (χ4n) is 3.72. The molecule has 3 heterocycles. The molecular formula is C23H25N3O3. The highest BCUT2D eigenvalue weighted by Gasteiger charge is 2.37. The third-order valence-corrected chi connectivity index (χ3v) is 5.62. The fourth-order valence-corrected chi connectivity index (χ4v) is 3.72. The maximum absolute atomic E-state index is 12.6. The number of ether oxygens (including phenoxy) is 1. The summed E-state index contributed by atoms with van der Waals surface area (Å²) in [6.45, 7) is 3.50. The minimum Gasteiger partial charge on any atom is -0.497 e. The van der Waals surface area contributed by atoms with Crippen molar-refractivity contribution >= 4 is 5.91 Å². The van der Waals surface area contributed by atoms with Crippen molar-refractivity contribution in [1.82, 2.24) is 14.9 Å². The Balaban J connectivity index is 1.41. The molecule has 1 saturated heterocycles. The maximum atomic E-state index is 12.6. The van der Waals surface area contributed by atoms with Gasteiger partial charge in [0.1, 0.15) is 17.2 Å². The van der Waals surface area contributed by atoms with Crippen molar-refractivity contribution in [2.45, 2.75) is 31.6 Å². The van der Waals surface area contributed by atoms with Crippen LogP contribution in [0.15, 0.2) is 59.3 Å². The van der Waals surface area contributed by atoms with Crippen LogP contribution in [-0.4, -0.2) is 41.0 Å². The summed E-state index contributed by atoms with van der Waals surface area (Å²) in [5.74, 6) is 2.40. The summed E-state index contributed by atoms with van der Waals surface area (Å²) < 4.78 is 11.4. The minimum absolute atomic E-state index is 0.0150. The molecular weight excluding hydrogens is 366 g/mol. The Morgan fingerprint density at radius 3 is 2.72 bits per heavy atom. The fraction of sp³-hybridized carbons (Fsp3) is 0.348. The maximum Gasteiger partial charge on any atom is 0.272 e. The highest BCUT2D eigenvalue weighted by molar-refractivity contribution is 5.92. The van der Waals surface area contributed by atoms with Crippen LogP contribution in [0.3, 0.4) is 0 Å². The summed E-state index contributed by atoms with van der Waals surface area (Å²) in [7, 11) is 1.66. The van der Waals surface area contributed by atoms with Crippen LogP contribution in [-0.2, 0) is 11.8 Å². The molecule has 29 heavy (non-hydrogen) atoms. The Kier molecular flexibility index (Phi) is 5.34. The molecule has 1 amide bonds. The predicted molar refractivity (Wildman–Crippen MR) is 109 cm³/mol. The van der Waals surface area contributed by atoms with Gasteiger partial charge in [0.25, 0.3) is 5.91 Å². The second kappa shape index (κ2) is 8.07. The van der Waals surface area contributed by atoms with E-state index in [1.165, 1.54) is 0 Å². The number of nitrogens with zero attached hydrogens (tertiary/aromatic N) is 3. The average Bonchev–Trinajstić information content (AvgIpc) is 3.24. The molecule has 0 spiro atoms. The third kappa shape index (κ3) is 4.16. The molecule has 0 atom stereocenters. The molecule has 1 fully saturated rings. The first kappa shape index (κ1) is 19.2. The van der Waals surface area contributed by atoms with Gasteiger partial charge >= 0.3 is 0 Å².